The molecular weight excluding hydrogens is 360 g/mol. The third-order valence-corrected chi connectivity index (χ3v) is 4.05. The van der Waals surface area contributed by atoms with Gasteiger partial charge in [-0.05, 0) is 30.7 Å². The molecule has 1 N–H and O–H groups in total. The van der Waals surface area contributed by atoms with Crippen molar-refractivity contribution in [2.24, 2.45) is 0 Å². The lowest BCUT2D eigenvalue weighted by atomic mass is 10.1. The Morgan fingerprint density at radius 3 is 2.32 bits per heavy atom. The first-order chi connectivity index (χ1) is 13.6. The van der Waals surface area contributed by atoms with E-state index < -0.39 is 18.0 Å². The Labute approximate surface area is 165 Å². The van der Waals surface area contributed by atoms with Crippen molar-refractivity contribution in [3.63, 3.8) is 0 Å². The van der Waals surface area contributed by atoms with Crippen molar-refractivity contribution in [1.29, 1.82) is 0 Å². The second-order valence-corrected chi connectivity index (χ2v) is 6.26. The molecule has 0 aliphatic heterocycles. The smallest absolute Gasteiger partial charge is 0.339 e. The average Bonchev–Trinajstić information content (AvgIpc) is 2.72. The van der Waals surface area contributed by atoms with E-state index in [-0.39, 0.29) is 17.7 Å². The molecule has 0 saturated carbocycles. The third kappa shape index (κ3) is 7.04. The Morgan fingerprint density at radius 2 is 1.64 bits per heavy atom. The Bertz CT molecular complexity index is 744. The van der Waals surface area contributed by atoms with Gasteiger partial charge in [-0.2, -0.15) is 0 Å². The standard InChI is InChI=1S/C22H26O6/c1-2-3-14-26-15-13-18(28-17-9-5-4-6-10-17)16-27-22(25)20-12-8-7-11-19(20)21(23)24/h4-12,18H,2-3,13-16H2,1H3,(H,23,24). The zero-order valence-electron chi connectivity index (χ0n) is 16.0. The van der Waals surface area contributed by atoms with Gasteiger partial charge in [-0.1, -0.05) is 43.7 Å². The van der Waals surface area contributed by atoms with Crippen LogP contribution in [0.1, 0.15) is 46.9 Å². The van der Waals surface area contributed by atoms with Crippen LogP contribution >= 0.6 is 0 Å². The van der Waals surface area contributed by atoms with Gasteiger partial charge >= 0.3 is 11.9 Å². The summed E-state index contributed by atoms with van der Waals surface area (Å²) in [6.07, 6.45) is 2.20. The number of ether oxygens (including phenoxy) is 3. The van der Waals surface area contributed by atoms with Gasteiger partial charge in [-0.25, -0.2) is 9.59 Å². The molecule has 2 aromatic carbocycles. The number of esters is 1. The van der Waals surface area contributed by atoms with Gasteiger partial charge in [0.25, 0.3) is 0 Å². The van der Waals surface area contributed by atoms with Gasteiger partial charge < -0.3 is 19.3 Å². The second-order valence-electron chi connectivity index (χ2n) is 6.26. The van der Waals surface area contributed by atoms with Crippen LogP contribution in [0, 0.1) is 0 Å². The van der Waals surface area contributed by atoms with Crippen LogP contribution in [0.3, 0.4) is 0 Å². The van der Waals surface area contributed by atoms with Gasteiger partial charge in [0.05, 0.1) is 17.7 Å². The molecule has 0 bridgehead atoms. The molecule has 0 aliphatic carbocycles. The summed E-state index contributed by atoms with van der Waals surface area (Å²) in [5, 5.41) is 9.22. The molecule has 0 fully saturated rings. The second kappa shape index (κ2) is 11.8. The third-order valence-electron chi connectivity index (χ3n) is 4.05. The summed E-state index contributed by atoms with van der Waals surface area (Å²) in [4.78, 5) is 23.7. The maximum atomic E-state index is 12.4. The zero-order valence-corrected chi connectivity index (χ0v) is 16.0. The predicted molar refractivity (Wildman–Crippen MR) is 105 cm³/mol. The fourth-order valence-corrected chi connectivity index (χ4v) is 2.53. The van der Waals surface area contributed by atoms with Crippen LogP contribution in [-0.4, -0.2) is 43.0 Å². The molecule has 0 heterocycles. The Morgan fingerprint density at radius 1 is 0.964 bits per heavy atom. The summed E-state index contributed by atoms with van der Waals surface area (Å²) < 4.78 is 16.8. The minimum Gasteiger partial charge on any atom is -0.487 e. The summed E-state index contributed by atoms with van der Waals surface area (Å²) in [5.41, 5.74) is -0.0661. The predicted octanol–water partition coefficient (Wildman–Crippen LogP) is 4.20. The molecule has 1 atom stereocenters. The summed E-state index contributed by atoms with van der Waals surface area (Å²) in [5.74, 6) is -1.19. The number of rotatable bonds is 12. The molecule has 0 aliphatic rings. The molecule has 6 nitrogen and oxygen atoms in total. The van der Waals surface area contributed by atoms with E-state index in [9.17, 15) is 14.7 Å². The first-order valence-corrected chi connectivity index (χ1v) is 9.40. The van der Waals surface area contributed by atoms with Crippen LogP contribution in [-0.2, 0) is 9.47 Å². The van der Waals surface area contributed by atoms with Crippen LogP contribution < -0.4 is 4.74 Å². The lowest BCUT2D eigenvalue weighted by Crippen LogP contribution is -2.27. The Hall–Kier alpha value is -2.86. The lowest BCUT2D eigenvalue weighted by Gasteiger charge is -2.19. The summed E-state index contributed by atoms with van der Waals surface area (Å²) in [7, 11) is 0. The summed E-state index contributed by atoms with van der Waals surface area (Å²) in [6, 6.07) is 15.2. The summed E-state index contributed by atoms with van der Waals surface area (Å²) in [6.45, 7) is 3.26. The molecule has 1 unspecified atom stereocenters. The highest BCUT2D eigenvalue weighted by atomic mass is 16.6. The van der Waals surface area contributed by atoms with Gasteiger partial charge in [0.1, 0.15) is 18.5 Å². The van der Waals surface area contributed by atoms with Crippen LogP contribution in [0.25, 0.3) is 0 Å². The highest BCUT2D eigenvalue weighted by molar-refractivity contribution is 6.02. The number of carboxylic acids is 1. The SMILES string of the molecule is CCCCOCCC(COC(=O)c1ccccc1C(=O)O)Oc1ccccc1. The van der Waals surface area contributed by atoms with Crippen molar-refractivity contribution in [3.05, 3.63) is 65.7 Å². The van der Waals surface area contributed by atoms with Gasteiger partial charge in [0.2, 0.25) is 0 Å². The highest BCUT2D eigenvalue weighted by Gasteiger charge is 2.19. The molecule has 2 aromatic rings. The number of hydrogen-bond acceptors (Lipinski definition) is 5. The van der Waals surface area contributed by atoms with Crippen molar-refractivity contribution in [2.75, 3.05) is 19.8 Å². The quantitative estimate of drug-likeness (QED) is 0.435. The van der Waals surface area contributed by atoms with Gasteiger partial charge in [-0.3, -0.25) is 0 Å². The molecule has 28 heavy (non-hydrogen) atoms. The van der Waals surface area contributed by atoms with Crippen LogP contribution in [0.5, 0.6) is 5.75 Å². The fraction of sp³-hybridized carbons (Fsp3) is 0.364. The maximum Gasteiger partial charge on any atom is 0.339 e. The van der Waals surface area contributed by atoms with E-state index in [1.54, 1.807) is 12.1 Å². The van der Waals surface area contributed by atoms with Crippen LogP contribution in [0.15, 0.2) is 54.6 Å². The maximum absolute atomic E-state index is 12.4. The number of carbonyl (C=O) groups is 2. The number of carbonyl (C=O) groups excluding carboxylic acids is 1. The number of hydrogen-bond donors (Lipinski definition) is 1. The topological polar surface area (TPSA) is 82.1 Å². The lowest BCUT2D eigenvalue weighted by molar-refractivity contribution is 0.0206. The highest BCUT2D eigenvalue weighted by Crippen LogP contribution is 2.15. The normalized spacial score (nSPS) is 11.6. The average molecular weight is 386 g/mol. The largest absolute Gasteiger partial charge is 0.487 e. The molecule has 2 rings (SSSR count). The van der Waals surface area contributed by atoms with E-state index >= 15 is 0 Å². The molecule has 0 aromatic heterocycles. The summed E-state index contributed by atoms with van der Waals surface area (Å²) >= 11 is 0. The fourth-order valence-electron chi connectivity index (χ4n) is 2.53. The number of unbranched alkanes of at least 4 members (excludes halogenated alkanes) is 1. The molecule has 150 valence electrons. The van der Waals surface area contributed by atoms with E-state index in [0.717, 1.165) is 12.8 Å². The first-order valence-electron chi connectivity index (χ1n) is 9.40. The van der Waals surface area contributed by atoms with Gasteiger partial charge in [0, 0.05) is 13.0 Å². The number of benzene rings is 2. The van der Waals surface area contributed by atoms with E-state index in [2.05, 4.69) is 6.92 Å². The number of para-hydroxylation sites is 1. The Kier molecular flexibility index (Phi) is 9.01. The molecule has 0 radical (unpaired) electrons. The van der Waals surface area contributed by atoms with Crippen molar-refractivity contribution in [3.8, 4) is 5.75 Å². The van der Waals surface area contributed by atoms with E-state index in [4.69, 9.17) is 14.2 Å². The van der Waals surface area contributed by atoms with Crippen LogP contribution in [0.2, 0.25) is 0 Å². The van der Waals surface area contributed by atoms with Crippen molar-refractivity contribution < 1.29 is 28.9 Å². The molecule has 0 spiro atoms. The first kappa shape index (κ1) is 21.4. The molecule has 6 heteroatoms. The monoisotopic (exact) mass is 386 g/mol. The van der Waals surface area contributed by atoms with Gasteiger partial charge in [0.15, 0.2) is 0 Å². The number of carboxylic acid groups (broad SMARTS) is 1. The van der Waals surface area contributed by atoms with E-state index in [1.165, 1.54) is 12.1 Å². The molecular formula is C22H26O6. The van der Waals surface area contributed by atoms with Crippen molar-refractivity contribution in [1.82, 2.24) is 0 Å². The zero-order chi connectivity index (χ0) is 20.2. The van der Waals surface area contributed by atoms with Crippen molar-refractivity contribution >= 4 is 11.9 Å². The van der Waals surface area contributed by atoms with Gasteiger partial charge in [-0.15, -0.1) is 0 Å². The number of aromatic carboxylic acids is 1. The molecule has 0 saturated heterocycles. The van der Waals surface area contributed by atoms with E-state index in [1.807, 2.05) is 30.3 Å². The van der Waals surface area contributed by atoms with E-state index in [0.29, 0.717) is 25.4 Å². The minimum absolute atomic E-state index is 0.00117. The van der Waals surface area contributed by atoms with Crippen molar-refractivity contribution in [2.45, 2.75) is 32.3 Å². The minimum atomic E-state index is -1.17. The van der Waals surface area contributed by atoms with Crippen LogP contribution in [0.4, 0.5) is 0 Å². The molecule has 0 amide bonds. The Balaban J connectivity index is 1.96.